The maximum atomic E-state index is 13.5. The van der Waals surface area contributed by atoms with Gasteiger partial charge in [0.1, 0.15) is 5.82 Å². The molecule has 1 aliphatic heterocycles. The molecule has 106 valence electrons. The van der Waals surface area contributed by atoms with Crippen molar-refractivity contribution in [1.82, 2.24) is 4.90 Å². The zero-order valence-corrected chi connectivity index (χ0v) is 12.5. The molecular formula is C15H22ClFN2. The van der Waals surface area contributed by atoms with E-state index in [9.17, 15) is 4.39 Å². The standard InChI is InChI=1S/C15H22ClFN2/c1-3-19-6-4-5-14(19)11-18(2)15-8-12(10-16)7-13(17)9-15/h7-9,14H,3-6,10-11H2,1-2H3. The van der Waals surface area contributed by atoms with Crippen molar-refractivity contribution in [2.75, 3.05) is 31.6 Å². The van der Waals surface area contributed by atoms with Crippen molar-refractivity contribution < 1.29 is 4.39 Å². The van der Waals surface area contributed by atoms with E-state index in [1.165, 1.54) is 25.5 Å². The van der Waals surface area contributed by atoms with Gasteiger partial charge in [0.25, 0.3) is 0 Å². The molecule has 0 bridgehead atoms. The minimum absolute atomic E-state index is 0.209. The molecule has 1 fully saturated rings. The average molecular weight is 285 g/mol. The molecule has 1 aromatic carbocycles. The summed E-state index contributed by atoms with van der Waals surface area (Å²) in [4.78, 5) is 4.63. The highest BCUT2D eigenvalue weighted by atomic mass is 35.5. The van der Waals surface area contributed by atoms with Gasteiger partial charge >= 0.3 is 0 Å². The van der Waals surface area contributed by atoms with Crippen molar-refractivity contribution in [1.29, 1.82) is 0 Å². The summed E-state index contributed by atoms with van der Waals surface area (Å²) < 4.78 is 13.5. The molecule has 1 aliphatic rings. The van der Waals surface area contributed by atoms with Gasteiger partial charge in [-0.25, -0.2) is 4.39 Å². The average Bonchev–Trinajstić information content (AvgIpc) is 2.85. The van der Waals surface area contributed by atoms with Crippen LogP contribution in [0.3, 0.4) is 0 Å². The Morgan fingerprint density at radius 1 is 1.42 bits per heavy atom. The Labute approximate surface area is 120 Å². The van der Waals surface area contributed by atoms with Crippen LogP contribution < -0.4 is 4.90 Å². The Kier molecular flexibility index (Phi) is 5.06. The van der Waals surface area contributed by atoms with Gasteiger partial charge in [0.05, 0.1) is 0 Å². The van der Waals surface area contributed by atoms with Crippen molar-refractivity contribution >= 4 is 17.3 Å². The molecule has 1 aromatic rings. The zero-order valence-electron chi connectivity index (χ0n) is 11.7. The van der Waals surface area contributed by atoms with Gasteiger partial charge < -0.3 is 4.90 Å². The minimum Gasteiger partial charge on any atom is -0.373 e. The van der Waals surface area contributed by atoms with E-state index in [1.54, 1.807) is 6.07 Å². The topological polar surface area (TPSA) is 6.48 Å². The van der Waals surface area contributed by atoms with E-state index in [2.05, 4.69) is 16.7 Å². The monoisotopic (exact) mass is 284 g/mol. The van der Waals surface area contributed by atoms with Gasteiger partial charge in [0, 0.05) is 31.2 Å². The van der Waals surface area contributed by atoms with E-state index in [1.807, 2.05) is 13.1 Å². The second-order valence-corrected chi connectivity index (χ2v) is 5.52. The van der Waals surface area contributed by atoms with Gasteiger partial charge in [-0.3, -0.25) is 4.90 Å². The van der Waals surface area contributed by atoms with E-state index in [0.717, 1.165) is 24.3 Å². The molecule has 2 rings (SSSR count). The molecule has 0 N–H and O–H groups in total. The predicted octanol–water partition coefficient (Wildman–Crippen LogP) is 3.49. The number of likely N-dealkylation sites (tertiary alicyclic amines) is 1. The van der Waals surface area contributed by atoms with Gasteiger partial charge in [-0.05, 0) is 49.7 Å². The number of halogens is 2. The molecule has 19 heavy (non-hydrogen) atoms. The Bertz CT molecular complexity index is 425. The second kappa shape index (κ2) is 6.58. The molecule has 1 atom stereocenters. The third-order valence-corrected chi connectivity index (χ3v) is 4.24. The highest BCUT2D eigenvalue weighted by molar-refractivity contribution is 6.17. The third-order valence-electron chi connectivity index (χ3n) is 3.93. The van der Waals surface area contributed by atoms with Crippen LogP contribution in [0.4, 0.5) is 10.1 Å². The number of rotatable bonds is 5. The SMILES string of the molecule is CCN1CCCC1CN(C)c1cc(F)cc(CCl)c1. The Hall–Kier alpha value is -0.800. The summed E-state index contributed by atoms with van der Waals surface area (Å²) in [7, 11) is 2.03. The lowest BCUT2D eigenvalue weighted by molar-refractivity contribution is 0.270. The molecule has 0 amide bonds. The molecule has 1 unspecified atom stereocenters. The largest absolute Gasteiger partial charge is 0.373 e. The summed E-state index contributed by atoms with van der Waals surface area (Å²) >= 11 is 5.80. The number of hydrogen-bond donors (Lipinski definition) is 0. The van der Waals surface area contributed by atoms with E-state index in [0.29, 0.717) is 11.9 Å². The Morgan fingerprint density at radius 2 is 2.21 bits per heavy atom. The molecule has 0 aliphatic carbocycles. The van der Waals surface area contributed by atoms with Crippen LogP contribution in [0.1, 0.15) is 25.3 Å². The van der Waals surface area contributed by atoms with Gasteiger partial charge in [-0.1, -0.05) is 6.92 Å². The number of hydrogen-bond acceptors (Lipinski definition) is 2. The number of nitrogens with zero attached hydrogens (tertiary/aromatic N) is 2. The zero-order chi connectivity index (χ0) is 13.8. The van der Waals surface area contributed by atoms with Crippen LogP contribution in [0, 0.1) is 5.82 Å². The normalized spacial score (nSPS) is 19.9. The Morgan fingerprint density at radius 3 is 2.89 bits per heavy atom. The van der Waals surface area contributed by atoms with E-state index in [4.69, 9.17) is 11.6 Å². The molecule has 1 saturated heterocycles. The van der Waals surface area contributed by atoms with Crippen LogP contribution in [0.2, 0.25) is 0 Å². The third kappa shape index (κ3) is 3.61. The smallest absolute Gasteiger partial charge is 0.125 e. The fourth-order valence-electron chi connectivity index (χ4n) is 2.87. The Balaban J connectivity index is 2.06. The van der Waals surface area contributed by atoms with Crippen molar-refractivity contribution in [3.8, 4) is 0 Å². The first-order valence-electron chi connectivity index (χ1n) is 6.94. The molecule has 0 saturated carbocycles. The first-order valence-corrected chi connectivity index (χ1v) is 7.48. The van der Waals surface area contributed by atoms with Gasteiger partial charge in [-0.15, -0.1) is 11.6 Å². The fraction of sp³-hybridized carbons (Fsp3) is 0.600. The molecule has 0 spiro atoms. The van der Waals surface area contributed by atoms with Crippen LogP contribution in [0.25, 0.3) is 0 Å². The molecule has 0 aromatic heterocycles. The number of benzene rings is 1. The van der Waals surface area contributed by atoms with Crippen LogP contribution in [0.5, 0.6) is 0 Å². The molecule has 0 radical (unpaired) electrons. The second-order valence-electron chi connectivity index (χ2n) is 5.26. The number of anilines is 1. The van der Waals surface area contributed by atoms with Crippen molar-refractivity contribution in [2.45, 2.75) is 31.7 Å². The van der Waals surface area contributed by atoms with E-state index >= 15 is 0 Å². The molecule has 2 nitrogen and oxygen atoms in total. The van der Waals surface area contributed by atoms with Crippen molar-refractivity contribution in [3.63, 3.8) is 0 Å². The summed E-state index contributed by atoms with van der Waals surface area (Å²) in [5, 5.41) is 0. The summed E-state index contributed by atoms with van der Waals surface area (Å²) in [6.45, 7) is 5.42. The number of alkyl halides is 1. The maximum Gasteiger partial charge on any atom is 0.125 e. The molecular weight excluding hydrogens is 263 g/mol. The summed E-state index contributed by atoms with van der Waals surface area (Å²) in [6, 6.07) is 5.64. The van der Waals surface area contributed by atoms with Crippen LogP contribution in [0.15, 0.2) is 18.2 Å². The first-order chi connectivity index (χ1) is 9.13. The summed E-state index contributed by atoms with van der Waals surface area (Å²) in [5.41, 5.74) is 1.75. The van der Waals surface area contributed by atoms with Crippen LogP contribution >= 0.6 is 11.6 Å². The highest BCUT2D eigenvalue weighted by Gasteiger charge is 2.24. The van der Waals surface area contributed by atoms with Gasteiger partial charge in [-0.2, -0.15) is 0 Å². The minimum atomic E-state index is -0.209. The molecule has 1 heterocycles. The maximum absolute atomic E-state index is 13.5. The first kappa shape index (κ1) is 14.6. The highest BCUT2D eigenvalue weighted by Crippen LogP contribution is 2.22. The van der Waals surface area contributed by atoms with Crippen molar-refractivity contribution in [2.24, 2.45) is 0 Å². The van der Waals surface area contributed by atoms with Crippen LogP contribution in [-0.2, 0) is 5.88 Å². The van der Waals surface area contributed by atoms with E-state index in [-0.39, 0.29) is 5.82 Å². The van der Waals surface area contributed by atoms with Crippen LogP contribution in [-0.4, -0.2) is 37.6 Å². The fourth-order valence-corrected chi connectivity index (χ4v) is 3.02. The quantitative estimate of drug-likeness (QED) is 0.764. The van der Waals surface area contributed by atoms with Gasteiger partial charge in [0.15, 0.2) is 0 Å². The lowest BCUT2D eigenvalue weighted by Crippen LogP contribution is -2.38. The lowest BCUT2D eigenvalue weighted by atomic mass is 10.1. The van der Waals surface area contributed by atoms with Gasteiger partial charge in [0.2, 0.25) is 0 Å². The lowest BCUT2D eigenvalue weighted by Gasteiger charge is -2.29. The molecule has 4 heteroatoms. The predicted molar refractivity (Wildman–Crippen MR) is 79.5 cm³/mol. The van der Waals surface area contributed by atoms with Crippen molar-refractivity contribution in [3.05, 3.63) is 29.6 Å². The number of likely N-dealkylation sites (N-methyl/N-ethyl adjacent to an activating group) is 2. The summed E-state index contributed by atoms with van der Waals surface area (Å²) in [6.07, 6.45) is 2.50. The summed E-state index contributed by atoms with van der Waals surface area (Å²) in [5.74, 6) is 0.141. The van der Waals surface area contributed by atoms with E-state index < -0.39 is 0 Å².